The zero-order valence-electron chi connectivity index (χ0n) is 12.7. The van der Waals surface area contributed by atoms with Gasteiger partial charge in [-0.2, -0.15) is 0 Å². The van der Waals surface area contributed by atoms with E-state index in [9.17, 15) is 4.79 Å². The number of hydrogen-bond donors (Lipinski definition) is 2. The molecule has 3 nitrogen and oxygen atoms in total. The van der Waals surface area contributed by atoms with Gasteiger partial charge in [-0.05, 0) is 63.2 Å². The van der Waals surface area contributed by atoms with Crippen LogP contribution in [0.5, 0.6) is 0 Å². The highest BCUT2D eigenvalue weighted by Gasteiger charge is 2.15. The van der Waals surface area contributed by atoms with Crippen molar-refractivity contribution in [2.45, 2.75) is 45.1 Å². The molecule has 21 heavy (non-hydrogen) atoms. The fraction of sp³-hybridized carbons (Fsp3) is 0.588. The Bertz CT molecular complexity index is 458. The molecule has 4 heteroatoms. The van der Waals surface area contributed by atoms with Gasteiger partial charge < -0.3 is 10.6 Å². The lowest BCUT2D eigenvalue weighted by Crippen LogP contribution is -2.35. The second-order valence-electron chi connectivity index (χ2n) is 6.00. The smallest absolute Gasteiger partial charge is 0.220 e. The summed E-state index contributed by atoms with van der Waals surface area (Å²) < 4.78 is 1.11. The van der Waals surface area contributed by atoms with Gasteiger partial charge in [0, 0.05) is 16.9 Å². The highest BCUT2D eigenvalue weighted by atomic mass is 79.9. The first-order valence-corrected chi connectivity index (χ1v) is 8.68. The van der Waals surface area contributed by atoms with Gasteiger partial charge in [0.2, 0.25) is 5.91 Å². The SMILES string of the molecule is CC(Cc1ccccc1Br)NC(=O)CCC1CCNCC1. The van der Waals surface area contributed by atoms with E-state index in [-0.39, 0.29) is 11.9 Å². The summed E-state index contributed by atoms with van der Waals surface area (Å²) in [6, 6.07) is 8.36. The third-order valence-corrected chi connectivity index (χ3v) is 4.90. The standard InChI is InChI=1S/C17H25BrN2O/c1-13(12-15-4-2-3-5-16(15)18)20-17(21)7-6-14-8-10-19-11-9-14/h2-5,13-14,19H,6-12H2,1H3,(H,20,21). The number of carbonyl (C=O) groups is 1. The van der Waals surface area contributed by atoms with Crippen molar-refractivity contribution in [3.63, 3.8) is 0 Å². The second kappa shape index (κ2) is 8.54. The number of carbonyl (C=O) groups excluding carboxylic acids is 1. The van der Waals surface area contributed by atoms with Gasteiger partial charge in [0.05, 0.1) is 0 Å². The van der Waals surface area contributed by atoms with Crippen LogP contribution >= 0.6 is 15.9 Å². The molecule has 0 aliphatic carbocycles. The molecule has 1 aromatic carbocycles. The summed E-state index contributed by atoms with van der Waals surface area (Å²) in [6.45, 7) is 4.28. The van der Waals surface area contributed by atoms with Gasteiger partial charge in [0.1, 0.15) is 0 Å². The fourth-order valence-corrected chi connectivity index (χ4v) is 3.34. The van der Waals surface area contributed by atoms with Crippen molar-refractivity contribution in [3.8, 4) is 0 Å². The Morgan fingerprint density at radius 3 is 2.81 bits per heavy atom. The van der Waals surface area contributed by atoms with Crippen LogP contribution in [0.1, 0.15) is 38.2 Å². The Balaban J connectivity index is 1.70. The molecule has 1 saturated heterocycles. The van der Waals surface area contributed by atoms with Crippen molar-refractivity contribution in [2.75, 3.05) is 13.1 Å². The van der Waals surface area contributed by atoms with E-state index in [1.54, 1.807) is 0 Å². The van der Waals surface area contributed by atoms with Crippen LogP contribution in [0.25, 0.3) is 0 Å². The van der Waals surface area contributed by atoms with Crippen LogP contribution in [-0.4, -0.2) is 25.0 Å². The minimum Gasteiger partial charge on any atom is -0.353 e. The van der Waals surface area contributed by atoms with E-state index in [4.69, 9.17) is 0 Å². The van der Waals surface area contributed by atoms with Crippen molar-refractivity contribution in [1.29, 1.82) is 0 Å². The molecule has 116 valence electrons. The lowest BCUT2D eigenvalue weighted by Gasteiger charge is -2.22. The molecule has 0 bridgehead atoms. The molecular formula is C17H25BrN2O. The lowest BCUT2D eigenvalue weighted by atomic mass is 9.93. The Labute approximate surface area is 136 Å². The molecule has 1 unspecified atom stereocenters. The summed E-state index contributed by atoms with van der Waals surface area (Å²) in [7, 11) is 0. The average molecular weight is 353 g/mol. The molecule has 1 aliphatic heterocycles. The zero-order valence-corrected chi connectivity index (χ0v) is 14.3. The molecule has 0 radical (unpaired) electrons. The van der Waals surface area contributed by atoms with Gasteiger partial charge >= 0.3 is 0 Å². The highest BCUT2D eigenvalue weighted by molar-refractivity contribution is 9.10. The summed E-state index contributed by atoms with van der Waals surface area (Å²) in [4.78, 5) is 12.0. The van der Waals surface area contributed by atoms with Crippen LogP contribution in [0.4, 0.5) is 0 Å². The molecular weight excluding hydrogens is 328 g/mol. The molecule has 1 aliphatic rings. The van der Waals surface area contributed by atoms with Gasteiger partial charge in [-0.25, -0.2) is 0 Å². The van der Waals surface area contributed by atoms with Gasteiger partial charge in [0.15, 0.2) is 0 Å². The normalized spacial score (nSPS) is 17.4. The molecule has 1 aromatic rings. The van der Waals surface area contributed by atoms with E-state index in [1.165, 1.54) is 18.4 Å². The minimum atomic E-state index is 0.171. The number of rotatable bonds is 6. The Morgan fingerprint density at radius 2 is 2.10 bits per heavy atom. The molecule has 0 aromatic heterocycles. The van der Waals surface area contributed by atoms with E-state index in [2.05, 4.69) is 39.6 Å². The third-order valence-electron chi connectivity index (χ3n) is 4.13. The molecule has 2 N–H and O–H groups in total. The molecule has 1 atom stereocenters. The van der Waals surface area contributed by atoms with E-state index in [0.29, 0.717) is 6.42 Å². The number of benzene rings is 1. The third kappa shape index (κ3) is 5.79. The van der Waals surface area contributed by atoms with Gasteiger partial charge in [-0.3, -0.25) is 4.79 Å². The lowest BCUT2D eigenvalue weighted by molar-refractivity contribution is -0.122. The van der Waals surface area contributed by atoms with E-state index < -0.39 is 0 Å². The topological polar surface area (TPSA) is 41.1 Å². The average Bonchev–Trinajstić information content (AvgIpc) is 2.48. The Kier molecular flexibility index (Phi) is 6.71. The van der Waals surface area contributed by atoms with E-state index in [1.807, 2.05) is 18.2 Å². The largest absolute Gasteiger partial charge is 0.353 e. The number of halogens is 1. The van der Waals surface area contributed by atoms with Crippen LogP contribution in [0.3, 0.4) is 0 Å². The molecule has 2 rings (SSSR count). The van der Waals surface area contributed by atoms with Crippen LogP contribution < -0.4 is 10.6 Å². The molecule has 0 saturated carbocycles. The van der Waals surface area contributed by atoms with Crippen LogP contribution in [0.15, 0.2) is 28.7 Å². The van der Waals surface area contributed by atoms with Crippen molar-refractivity contribution in [1.82, 2.24) is 10.6 Å². The van der Waals surface area contributed by atoms with E-state index >= 15 is 0 Å². The first kappa shape index (κ1) is 16.5. The second-order valence-corrected chi connectivity index (χ2v) is 6.85. The quantitative estimate of drug-likeness (QED) is 0.824. The van der Waals surface area contributed by atoms with E-state index in [0.717, 1.165) is 36.3 Å². The summed E-state index contributed by atoms with van der Waals surface area (Å²) in [5, 5.41) is 6.48. The predicted octanol–water partition coefficient (Wildman–Crippen LogP) is 3.28. The maximum absolute atomic E-state index is 12.0. The maximum atomic E-state index is 12.0. The van der Waals surface area contributed by atoms with Gasteiger partial charge in [0.25, 0.3) is 0 Å². The first-order valence-electron chi connectivity index (χ1n) is 7.88. The summed E-state index contributed by atoms with van der Waals surface area (Å²) in [5.41, 5.74) is 1.24. The van der Waals surface area contributed by atoms with Crippen LogP contribution in [0, 0.1) is 5.92 Å². The Hall–Kier alpha value is -0.870. The summed E-state index contributed by atoms with van der Waals surface area (Å²) in [6.07, 6.45) is 4.96. The van der Waals surface area contributed by atoms with Crippen molar-refractivity contribution >= 4 is 21.8 Å². The predicted molar refractivity (Wildman–Crippen MR) is 90.3 cm³/mol. The maximum Gasteiger partial charge on any atom is 0.220 e. The fourth-order valence-electron chi connectivity index (χ4n) is 2.90. The number of hydrogen-bond acceptors (Lipinski definition) is 2. The highest BCUT2D eigenvalue weighted by Crippen LogP contribution is 2.19. The molecule has 1 amide bonds. The number of amides is 1. The van der Waals surface area contributed by atoms with Gasteiger partial charge in [-0.1, -0.05) is 34.1 Å². The van der Waals surface area contributed by atoms with Crippen LogP contribution in [0.2, 0.25) is 0 Å². The molecule has 1 fully saturated rings. The van der Waals surface area contributed by atoms with Crippen molar-refractivity contribution in [3.05, 3.63) is 34.3 Å². The van der Waals surface area contributed by atoms with Crippen LogP contribution in [-0.2, 0) is 11.2 Å². The minimum absolute atomic E-state index is 0.171. The number of piperidine rings is 1. The summed E-state index contributed by atoms with van der Waals surface area (Å²) in [5.74, 6) is 0.906. The molecule has 0 spiro atoms. The Morgan fingerprint density at radius 1 is 1.38 bits per heavy atom. The van der Waals surface area contributed by atoms with Gasteiger partial charge in [-0.15, -0.1) is 0 Å². The summed E-state index contributed by atoms with van der Waals surface area (Å²) >= 11 is 3.56. The van der Waals surface area contributed by atoms with Crippen molar-refractivity contribution in [2.24, 2.45) is 5.92 Å². The van der Waals surface area contributed by atoms with Crippen molar-refractivity contribution < 1.29 is 4.79 Å². The molecule has 1 heterocycles. The first-order chi connectivity index (χ1) is 10.1. The zero-order chi connectivity index (χ0) is 15.1. The monoisotopic (exact) mass is 352 g/mol. The number of nitrogens with one attached hydrogen (secondary N) is 2.